The van der Waals surface area contributed by atoms with Crippen LogP contribution in [0.1, 0.15) is 51.9 Å². The van der Waals surface area contributed by atoms with Gasteiger partial charge in [-0.1, -0.05) is 12.8 Å². The van der Waals surface area contributed by atoms with Crippen LogP contribution in [0.3, 0.4) is 0 Å². The van der Waals surface area contributed by atoms with Gasteiger partial charge in [-0.25, -0.2) is 0 Å². The Balaban J connectivity index is 2.01. The highest BCUT2D eigenvalue weighted by Gasteiger charge is 2.42. The molecule has 0 aromatic carbocycles. The van der Waals surface area contributed by atoms with Gasteiger partial charge in [-0.05, 0) is 44.4 Å². The van der Waals surface area contributed by atoms with E-state index in [1.807, 2.05) is 0 Å². The molecule has 1 heteroatoms. The Morgan fingerprint density at radius 3 is 2.42 bits per heavy atom. The molecule has 2 saturated carbocycles. The Hall–Kier alpha value is -0.330. The summed E-state index contributed by atoms with van der Waals surface area (Å²) >= 11 is 0. The quantitative estimate of drug-likeness (QED) is 0.585. The summed E-state index contributed by atoms with van der Waals surface area (Å²) in [5.74, 6) is 0.849. The van der Waals surface area contributed by atoms with E-state index in [4.69, 9.17) is 0 Å². The van der Waals surface area contributed by atoms with Crippen molar-refractivity contribution in [1.29, 1.82) is 0 Å². The van der Waals surface area contributed by atoms with E-state index in [9.17, 15) is 4.79 Å². The van der Waals surface area contributed by atoms with Crippen molar-refractivity contribution in [2.75, 3.05) is 0 Å². The molecule has 0 radical (unpaired) electrons. The number of hydrogen-bond acceptors (Lipinski definition) is 1. The van der Waals surface area contributed by atoms with Crippen LogP contribution in [0.4, 0.5) is 0 Å². The topological polar surface area (TPSA) is 17.1 Å². The molecule has 2 rings (SSSR count). The molecule has 2 aliphatic carbocycles. The molecule has 0 aliphatic heterocycles. The molecular weight excluding hydrogens is 148 g/mol. The van der Waals surface area contributed by atoms with Crippen molar-refractivity contribution in [3.63, 3.8) is 0 Å². The van der Waals surface area contributed by atoms with E-state index < -0.39 is 0 Å². The fourth-order valence-corrected chi connectivity index (χ4v) is 3.13. The van der Waals surface area contributed by atoms with Crippen molar-refractivity contribution in [3.8, 4) is 0 Å². The van der Waals surface area contributed by atoms with E-state index >= 15 is 0 Å². The lowest BCUT2D eigenvalue weighted by Gasteiger charge is -2.21. The molecule has 0 saturated heterocycles. The summed E-state index contributed by atoms with van der Waals surface area (Å²) in [4.78, 5) is 11.2. The standard InChI is InChI=1S/C11H18O/c1-9(12)10-4-7-11(8-10)5-2-3-6-11/h10H,2-8H2,1H3. The first-order valence-corrected chi connectivity index (χ1v) is 5.22. The maximum Gasteiger partial charge on any atom is 0.132 e. The molecule has 1 unspecified atom stereocenters. The molecule has 2 aliphatic rings. The molecule has 0 heterocycles. The van der Waals surface area contributed by atoms with Crippen LogP contribution >= 0.6 is 0 Å². The summed E-state index contributed by atoms with van der Waals surface area (Å²) in [7, 11) is 0. The zero-order valence-corrected chi connectivity index (χ0v) is 7.94. The highest BCUT2D eigenvalue weighted by atomic mass is 16.1. The fraction of sp³-hybridized carbons (Fsp3) is 0.909. The molecule has 1 nitrogen and oxygen atoms in total. The van der Waals surface area contributed by atoms with Crippen molar-refractivity contribution in [3.05, 3.63) is 0 Å². The Bertz CT molecular complexity index is 189. The predicted molar refractivity (Wildman–Crippen MR) is 48.9 cm³/mol. The first-order valence-electron chi connectivity index (χ1n) is 5.22. The van der Waals surface area contributed by atoms with Gasteiger partial charge in [0.15, 0.2) is 0 Å². The van der Waals surface area contributed by atoms with Crippen molar-refractivity contribution >= 4 is 5.78 Å². The van der Waals surface area contributed by atoms with Crippen molar-refractivity contribution in [2.24, 2.45) is 11.3 Å². The average molecular weight is 166 g/mol. The first kappa shape index (κ1) is 8.28. The summed E-state index contributed by atoms with van der Waals surface area (Å²) in [5.41, 5.74) is 0.621. The van der Waals surface area contributed by atoms with Gasteiger partial charge in [0.05, 0.1) is 0 Å². The summed E-state index contributed by atoms with van der Waals surface area (Å²) in [6.45, 7) is 1.76. The third-order valence-corrected chi connectivity index (χ3v) is 3.94. The van der Waals surface area contributed by atoms with Gasteiger partial charge in [0.1, 0.15) is 5.78 Å². The highest BCUT2D eigenvalue weighted by Crippen LogP contribution is 2.52. The molecule has 12 heavy (non-hydrogen) atoms. The highest BCUT2D eigenvalue weighted by molar-refractivity contribution is 5.78. The number of hydrogen-bond donors (Lipinski definition) is 0. The largest absolute Gasteiger partial charge is 0.300 e. The van der Waals surface area contributed by atoms with Gasteiger partial charge in [-0.15, -0.1) is 0 Å². The number of ketones is 1. The summed E-state index contributed by atoms with van der Waals surface area (Å²) in [6.07, 6.45) is 9.33. The predicted octanol–water partition coefficient (Wildman–Crippen LogP) is 2.94. The second kappa shape index (κ2) is 2.86. The van der Waals surface area contributed by atoms with Gasteiger partial charge in [0.2, 0.25) is 0 Å². The summed E-state index contributed by atoms with van der Waals surface area (Å²) in [6, 6.07) is 0. The molecule has 0 aromatic heterocycles. The minimum atomic E-state index is 0.420. The van der Waals surface area contributed by atoms with E-state index in [1.165, 1.54) is 44.9 Å². The number of carbonyl (C=O) groups excluding carboxylic acids is 1. The molecular formula is C11H18O. The van der Waals surface area contributed by atoms with Crippen molar-refractivity contribution < 1.29 is 4.79 Å². The third kappa shape index (κ3) is 1.30. The average Bonchev–Trinajstić information content (AvgIpc) is 2.62. The van der Waals surface area contributed by atoms with Crippen LogP contribution in [-0.4, -0.2) is 5.78 Å². The summed E-state index contributed by atoms with van der Waals surface area (Å²) < 4.78 is 0. The first-order chi connectivity index (χ1) is 5.72. The van der Waals surface area contributed by atoms with Gasteiger partial charge in [0, 0.05) is 5.92 Å². The van der Waals surface area contributed by atoms with Crippen LogP contribution < -0.4 is 0 Å². The van der Waals surface area contributed by atoms with Crippen LogP contribution in [-0.2, 0) is 4.79 Å². The Morgan fingerprint density at radius 1 is 1.25 bits per heavy atom. The maximum atomic E-state index is 11.2. The normalized spacial score (nSPS) is 32.9. The molecule has 0 aromatic rings. The second-order valence-corrected chi connectivity index (χ2v) is 4.76. The fourth-order valence-electron chi connectivity index (χ4n) is 3.13. The van der Waals surface area contributed by atoms with Crippen LogP contribution in [0.2, 0.25) is 0 Å². The molecule has 0 amide bonds. The minimum Gasteiger partial charge on any atom is -0.300 e. The SMILES string of the molecule is CC(=O)C1CCC2(CCCC2)C1. The number of carbonyl (C=O) groups is 1. The molecule has 1 atom stereocenters. The van der Waals surface area contributed by atoms with Gasteiger partial charge >= 0.3 is 0 Å². The monoisotopic (exact) mass is 166 g/mol. The lowest BCUT2D eigenvalue weighted by molar-refractivity contribution is -0.120. The van der Waals surface area contributed by atoms with E-state index in [0.717, 1.165) is 0 Å². The van der Waals surface area contributed by atoms with Crippen LogP contribution in [0, 0.1) is 11.3 Å². The van der Waals surface area contributed by atoms with Crippen molar-refractivity contribution in [2.45, 2.75) is 51.9 Å². The lowest BCUT2D eigenvalue weighted by Crippen LogP contribution is -2.13. The molecule has 68 valence electrons. The van der Waals surface area contributed by atoms with Crippen LogP contribution in [0.15, 0.2) is 0 Å². The smallest absolute Gasteiger partial charge is 0.132 e. The van der Waals surface area contributed by atoms with Gasteiger partial charge in [0.25, 0.3) is 0 Å². The van der Waals surface area contributed by atoms with E-state index in [1.54, 1.807) is 6.92 Å². The summed E-state index contributed by atoms with van der Waals surface area (Å²) in [5, 5.41) is 0. The van der Waals surface area contributed by atoms with Gasteiger partial charge in [-0.3, -0.25) is 4.79 Å². The van der Waals surface area contributed by atoms with E-state index in [2.05, 4.69) is 0 Å². The minimum absolute atomic E-state index is 0.420. The van der Waals surface area contributed by atoms with E-state index in [0.29, 0.717) is 17.1 Å². The van der Waals surface area contributed by atoms with Gasteiger partial charge < -0.3 is 0 Å². The molecule has 0 bridgehead atoms. The van der Waals surface area contributed by atoms with Gasteiger partial charge in [-0.2, -0.15) is 0 Å². The second-order valence-electron chi connectivity index (χ2n) is 4.76. The Labute approximate surface area is 74.5 Å². The molecule has 2 fully saturated rings. The lowest BCUT2D eigenvalue weighted by atomic mass is 9.83. The molecule has 1 spiro atoms. The Morgan fingerprint density at radius 2 is 1.92 bits per heavy atom. The van der Waals surface area contributed by atoms with Crippen LogP contribution in [0.25, 0.3) is 0 Å². The number of rotatable bonds is 1. The van der Waals surface area contributed by atoms with Crippen LogP contribution in [0.5, 0.6) is 0 Å². The number of Topliss-reactive ketones (excluding diaryl/α,β-unsaturated/α-hetero) is 1. The van der Waals surface area contributed by atoms with E-state index in [-0.39, 0.29) is 0 Å². The molecule has 0 N–H and O–H groups in total. The van der Waals surface area contributed by atoms with Crippen molar-refractivity contribution in [1.82, 2.24) is 0 Å². The third-order valence-electron chi connectivity index (χ3n) is 3.94. The maximum absolute atomic E-state index is 11.2. The Kier molecular flexibility index (Phi) is 1.97. The zero-order valence-electron chi connectivity index (χ0n) is 7.94. The zero-order chi connectivity index (χ0) is 8.60.